The first-order valence-corrected chi connectivity index (χ1v) is 12.5. The maximum absolute atomic E-state index is 12.3. The van der Waals surface area contributed by atoms with Gasteiger partial charge in [-0.2, -0.15) is 4.98 Å². The highest BCUT2D eigenvalue weighted by molar-refractivity contribution is 6.36. The summed E-state index contributed by atoms with van der Waals surface area (Å²) in [5.41, 5.74) is 3.17. The van der Waals surface area contributed by atoms with Crippen LogP contribution in [0.5, 0.6) is 0 Å². The number of imide groups is 2. The molecule has 0 saturated heterocycles. The van der Waals surface area contributed by atoms with Gasteiger partial charge in [-0.15, -0.1) is 0 Å². The van der Waals surface area contributed by atoms with Crippen molar-refractivity contribution in [2.24, 2.45) is 14.1 Å². The van der Waals surface area contributed by atoms with Crippen molar-refractivity contribution in [1.82, 2.24) is 38.9 Å². The molecule has 5 rings (SSSR count). The summed E-state index contributed by atoms with van der Waals surface area (Å²) in [5, 5.41) is 5.75. The van der Waals surface area contributed by atoms with Crippen LogP contribution in [-0.2, 0) is 33.3 Å². The van der Waals surface area contributed by atoms with Crippen molar-refractivity contribution in [1.29, 1.82) is 0 Å². The molecule has 0 atom stereocenters. The molecule has 0 saturated carbocycles. The minimum Gasteiger partial charge on any atom is -0.372 e. The van der Waals surface area contributed by atoms with E-state index in [-0.39, 0.29) is 23.6 Å². The molecular weight excluding hydrogens is 532 g/mol. The molecule has 2 aliphatic heterocycles. The normalized spacial score (nSPS) is 15.4. The third-order valence-corrected chi connectivity index (χ3v) is 7.24. The highest BCUT2D eigenvalue weighted by Crippen LogP contribution is 2.33. The lowest BCUT2D eigenvalue weighted by atomic mass is 10.0. The predicted molar refractivity (Wildman–Crippen MR) is 150 cm³/mol. The molecule has 41 heavy (non-hydrogen) atoms. The Hall–Kier alpha value is -5.21. The number of imidazole rings is 1. The van der Waals surface area contributed by atoms with Gasteiger partial charge < -0.3 is 15.2 Å². The van der Waals surface area contributed by atoms with Crippen molar-refractivity contribution in [2.75, 3.05) is 38.8 Å². The predicted octanol–water partition coefficient (Wildman–Crippen LogP) is 0.0796. The lowest BCUT2D eigenvalue weighted by molar-refractivity contribution is -0.136. The Kier molecular flexibility index (Phi) is 7.31. The molecule has 0 unspecified atom stereocenters. The summed E-state index contributed by atoms with van der Waals surface area (Å²) in [6.07, 6.45) is 1.43. The number of amides is 4. The highest BCUT2D eigenvalue weighted by atomic mass is 16.2. The molecule has 0 radical (unpaired) electrons. The smallest absolute Gasteiger partial charge is 0.349 e. The number of anilines is 2. The van der Waals surface area contributed by atoms with Gasteiger partial charge in [-0.1, -0.05) is 0 Å². The van der Waals surface area contributed by atoms with Gasteiger partial charge in [0.15, 0.2) is 17.0 Å². The van der Waals surface area contributed by atoms with Crippen LogP contribution in [0.1, 0.15) is 30.9 Å². The zero-order valence-corrected chi connectivity index (χ0v) is 24.2. The van der Waals surface area contributed by atoms with E-state index in [9.17, 15) is 24.0 Å². The van der Waals surface area contributed by atoms with Crippen LogP contribution in [-0.4, -0.2) is 90.7 Å². The zero-order valence-electron chi connectivity index (χ0n) is 24.2. The SMILES string of the molecule is CNc1nc(=O)n(C)c(C)c1C1=C(C)C(=O)N(C)C1=O.CNc1ncnc2c1nc(C1=C(C)C(=O)N(C)C1=O)n2C. The topological polar surface area (TPSA) is 177 Å². The van der Waals surface area contributed by atoms with Gasteiger partial charge >= 0.3 is 5.69 Å². The average molecular weight is 563 g/mol. The largest absolute Gasteiger partial charge is 0.372 e. The molecule has 4 amide bonds. The Bertz CT molecular complexity index is 1800. The third-order valence-electron chi connectivity index (χ3n) is 7.24. The third kappa shape index (κ3) is 4.34. The standard InChI is InChI=1S/C13H14N6O2.C13H16N4O3/c1-6-7(13(21)19(4)12(6)20)10-17-8-9(14-2)15-5-16-11(8)18(10)3;1-6-8(12(19)17(5)11(6)18)9-7(2)16(4)13(20)15-10(9)14-3/h5H,1-4H3,(H,14,15,16);1-5H3,(H,14,15,20). The van der Waals surface area contributed by atoms with Gasteiger partial charge in [-0.25, -0.2) is 19.7 Å². The number of hydrogen-bond acceptors (Lipinski definition) is 11. The van der Waals surface area contributed by atoms with Crippen molar-refractivity contribution in [3.63, 3.8) is 0 Å². The molecule has 0 aromatic carbocycles. The van der Waals surface area contributed by atoms with Crippen LogP contribution >= 0.6 is 0 Å². The molecule has 214 valence electrons. The van der Waals surface area contributed by atoms with Crippen LogP contribution in [0.25, 0.3) is 22.3 Å². The van der Waals surface area contributed by atoms with E-state index in [1.54, 1.807) is 53.5 Å². The molecule has 3 aromatic rings. The summed E-state index contributed by atoms with van der Waals surface area (Å²) in [5.74, 6) is -0.0754. The summed E-state index contributed by atoms with van der Waals surface area (Å²) in [6, 6.07) is 0. The molecule has 2 N–H and O–H groups in total. The van der Waals surface area contributed by atoms with Crippen molar-refractivity contribution < 1.29 is 19.2 Å². The van der Waals surface area contributed by atoms with Gasteiger partial charge in [0.2, 0.25) is 0 Å². The number of nitrogens with one attached hydrogen (secondary N) is 2. The van der Waals surface area contributed by atoms with Crippen molar-refractivity contribution in [2.45, 2.75) is 20.8 Å². The molecule has 0 aliphatic carbocycles. The first-order valence-electron chi connectivity index (χ1n) is 12.5. The number of hydrogen-bond donors (Lipinski definition) is 2. The second-order valence-corrected chi connectivity index (χ2v) is 9.49. The molecule has 5 heterocycles. The number of nitrogens with zero attached hydrogens (tertiary/aromatic N) is 8. The first kappa shape index (κ1) is 28.8. The second kappa shape index (κ2) is 10.4. The van der Waals surface area contributed by atoms with Gasteiger partial charge in [0.1, 0.15) is 18.0 Å². The number of fused-ring (bicyclic) bond motifs is 1. The fourth-order valence-corrected chi connectivity index (χ4v) is 4.71. The lowest BCUT2D eigenvalue weighted by Crippen LogP contribution is -2.28. The maximum atomic E-state index is 12.3. The number of aromatic nitrogens is 6. The average Bonchev–Trinajstić information content (AvgIpc) is 3.46. The number of aryl methyl sites for hydroxylation is 1. The fourth-order valence-electron chi connectivity index (χ4n) is 4.71. The summed E-state index contributed by atoms with van der Waals surface area (Å²) in [7, 11) is 9.58. The molecule has 3 aromatic heterocycles. The minimum absolute atomic E-state index is 0.294. The summed E-state index contributed by atoms with van der Waals surface area (Å²) in [4.78, 5) is 78.8. The van der Waals surface area contributed by atoms with Crippen LogP contribution in [0.15, 0.2) is 22.3 Å². The number of rotatable bonds is 4. The monoisotopic (exact) mass is 562 g/mol. The lowest BCUT2D eigenvalue weighted by Gasteiger charge is -2.15. The Labute approximate surface area is 234 Å². The number of carbonyl (C=O) groups excluding carboxylic acids is 4. The van der Waals surface area contributed by atoms with E-state index in [0.29, 0.717) is 62.2 Å². The van der Waals surface area contributed by atoms with Gasteiger partial charge in [0, 0.05) is 64.7 Å². The van der Waals surface area contributed by atoms with Crippen molar-refractivity contribution in [3.8, 4) is 0 Å². The van der Waals surface area contributed by atoms with Gasteiger partial charge in [-0.05, 0) is 20.8 Å². The molecule has 2 aliphatic rings. The summed E-state index contributed by atoms with van der Waals surface area (Å²) >= 11 is 0. The second-order valence-electron chi connectivity index (χ2n) is 9.49. The van der Waals surface area contributed by atoms with Gasteiger partial charge in [0.05, 0.1) is 11.1 Å². The quantitative estimate of drug-likeness (QED) is 0.412. The Morgan fingerprint density at radius 1 is 0.659 bits per heavy atom. The molecule has 0 fully saturated rings. The van der Waals surface area contributed by atoms with Crippen molar-refractivity contribution in [3.05, 3.63) is 45.0 Å². The van der Waals surface area contributed by atoms with E-state index in [1.807, 2.05) is 0 Å². The van der Waals surface area contributed by atoms with Gasteiger partial charge in [-0.3, -0.25) is 33.5 Å². The molecule has 0 bridgehead atoms. The van der Waals surface area contributed by atoms with Crippen LogP contribution in [0.3, 0.4) is 0 Å². The Balaban J connectivity index is 0.000000189. The van der Waals surface area contributed by atoms with Crippen LogP contribution in [0, 0.1) is 6.92 Å². The van der Waals surface area contributed by atoms with E-state index in [2.05, 4.69) is 30.6 Å². The van der Waals surface area contributed by atoms with Crippen LogP contribution in [0.2, 0.25) is 0 Å². The van der Waals surface area contributed by atoms with Crippen molar-refractivity contribution >= 4 is 57.6 Å². The zero-order chi connectivity index (χ0) is 30.5. The van der Waals surface area contributed by atoms with Crippen LogP contribution in [0.4, 0.5) is 11.6 Å². The van der Waals surface area contributed by atoms with E-state index in [1.165, 1.54) is 25.0 Å². The summed E-state index contributed by atoms with van der Waals surface area (Å²) in [6.45, 7) is 4.95. The van der Waals surface area contributed by atoms with E-state index < -0.39 is 5.69 Å². The Morgan fingerprint density at radius 2 is 1.20 bits per heavy atom. The van der Waals surface area contributed by atoms with E-state index in [4.69, 9.17) is 0 Å². The molecular formula is C26H30N10O5. The molecule has 0 spiro atoms. The van der Waals surface area contributed by atoms with E-state index in [0.717, 1.165) is 9.80 Å². The number of carbonyl (C=O) groups is 4. The Morgan fingerprint density at radius 3 is 1.68 bits per heavy atom. The van der Waals surface area contributed by atoms with Crippen LogP contribution < -0.4 is 16.3 Å². The molecule has 15 nitrogen and oxygen atoms in total. The highest BCUT2D eigenvalue weighted by Gasteiger charge is 2.37. The number of likely N-dealkylation sites (N-methyl/N-ethyl adjacent to an activating group) is 2. The van der Waals surface area contributed by atoms with Gasteiger partial charge in [0.25, 0.3) is 23.6 Å². The molecule has 15 heteroatoms. The van der Waals surface area contributed by atoms with E-state index >= 15 is 0 Å². The summed E-state index contributed by atoms with van der Waals surface area (Å²) < 4.78 is 3.05. The fraction of sp³-hybridized carbons (Fsp3) is 0.346. The minimum atomic E-state index is -0.418. The maximum Gasteiger partial charge on any atom is 0.349 e. The first-order chi connectivity index (χ1) is 19.3.